The van der Waals surface area contributed by atoms with Crippen LogP contribution in [0.25, 0.3) is 10.9 Å². The smallest absolute Gasteiger partial charge is 0.257 e. The Balaban J connectivity index is 1.80. The Hall–Kier alpha value is -2.51. The van der Waals surface area contributed by atoms with Crippen molar-refractivity contribution in [2.75, 3.05) is 5.32 Å². The van der Waals surface area contributed by atoms with E-state index >= 15 is 0 Å². The van der Waals surface area contributed by atoms with Crippen LogP contribution in [-0.2, 0) is 15.8 Å². The van der Waals surface area contributed by atoms with Gasteiger partial charge in [-0.05, 0) is 48.9 Å². The van der Waals surface area contributed by atoms with E-state index in [1.807, 2.05) is 0 Å². The van der Waals surface area contributed by atoms with Gasteiger partial charge in [-0.15, -0.1) is 0 Å². The summed E-state index contributed by atoms with van der Waals surface area (Å²) in [5, 5.41) is 27.1. The molecule has 1 aromatic heterocycles. The fourth-order valence-corrected chi connectivity index (χ4v) is 3.34. The van der Waals surface area contributed by atoms with E-state index in [9.17, 15) is 14.3 Å². The van der Waals surface area contributed by atoms with Crippen LogP contribution in [0.2, 0.25) is 0 Å². The van der Waals surface area contributed by atoms with Crippen molar-refractivity contribution in [1.82, 2.24) is 9.78 Å². The lowest BCUT2D eigenvalue weighted by Gasteiger charge is -2.23. The lowest BCUT2D eigenvalue weighted by molar-refractivity contribution is -0.133. The average Bonchev–Trinajstić information content (AvgIpc) is 3.02. The first-order valence-corrected chi connectivity index (χ1v) is 9.60. The van der Waals surface area contributed by atoms with E-state index in [1.54, 1.807) is 24.3 Å². The van der Waals surface area contributed by atoms with Crippen molar-refractivity contribution in [2.24, 2.45) is 0 Å². The van der Waals surface area contributed by atoms with E-state index in [2.05, 4.69) is 39.1 Å². The molecule has 0 aliphatic heterocycles. The number of hydrogen-bond acceptors (Lipinski definition) is 4. The van der Waals surface area contributed by atoms with E-state index in [1.165, 1.54) is 29.9 Å². The van der Waals surface area contributed by atoms with Crippen molar-refractivity contribution < 1.29 is 14.3 Å². The van der Waals surface area contributed by atoms with E-state index in [0.29, 0.717) is 26.6 Å². The molecule has 138 valence electrons. The third-order valence-electron chi connectivity index (χ3n) is 4.18. The predicted octanol–water partition coefficient (Wildman–Crippen LogP) is 3.37. The van der Waals surface area contributed by atoms with Crippen molar-refractivity contribution in [3.8, 4) is 6.07 Å². The van der Waals surface area contributed by atoms with E-state index < -0.39 is 11.5 Å². The number of fused-ring (bicyclic) bond motifs is 1. The number of hydrogen-bond donors (Lipinski definition) is 2. The highest BCUT2D eigenvalue weighted by atomic mass is 127. The quantitative estimate of drug-likeness (QED) is 0.435. The van der Waals surface area contributed by atoms with Crippen LogP contribution in [-0.4, -0.2) is 26.4 Å². The Kier molecular flexibility index (Phi) is 5.43. The fourth-order valence-electron chi connectivity index (χ4n) is 2.70. The fraction of sp³-hybridized carbons (Fsp3) is 0.211. The van der Waals surface area contributed by atoms with Gasteiger partial charge < -0.3 is 10.4 Å². The molecule has 3 aromatic rings. The number of carbonyl (C=O) groups excluding carboxylic acids is 1. The first-order chi connectivity index (χ1) is 12.8. The molecule has 1 atom stereocenters. The number of nitrogens with zero attached hydrogens (tertiary/aromatic N) is 3. The van der Waals surface area contributed by atoms with Crippen molar-refractivity contribution in [3.63, 3.8) is 0 Å². The van der Waals surface area contributed by atoms with E-state index in [0.717, 1.165) is 5.56 Å². The minimum absolute atomic E-state index is 0.0939. The minimum atomic E-state index is -1.74. The average molecular weight is 478 g/mol. The number of aromatic nitrogens is 2. The summed E-state index contributed by atoms with van der Waals surface area (Å²) in [5.41, 5.74) is 0.722. The summed E-state index contributed by atoms with van der Waals surface area (Å²) in [5.74, 6) is -0.976. The molecular formula is C19H16FIN4O2. The van der Waals surface area contributed by atoms with Crippen LogP contribution in [0.3, 0.4) is 0 Å². The number of amides is 1. The molecule has 8 heteroatoms. The summed E-state index contributed by atoms with van der Waals surface area (Å²) < 4.78 is 15.4. The van der Waals surface area contributed by atoms with Gasteiger partial charge in [-0.3, -0.25) is 9.48 Å². The molecule has 0 spiro atoms. The molecule has 0 saturated carbocycles. The van der Waals surface area contributed by atoms with Crippen molar-refractivity contribution >= 4 is 45.1 Å². The van der Waals surface area contributed by atoms with Gasteiger partial charge >= 0.3 is 0 Å². The molecule has 27 heavy (non-hydrogen) atoms. The number of halogens is 2. The first-order valence-electron chi connectivity index (χ1n) is 8.08. The number of nitriles is 1. The Morgan fingerprint density at radius 2 is 2.19 bits per heavy atom. The summed E-state index contributed by atoms with van der Waals surface area (Å²) in [6.45, 7) is 1.30. The summed E-state index contributed by atoms with van der Waals surface area (Å²) in [6.07, 6.45) is 1.49. The maximum Gasteiger partial charge on any atom is 0.257 e. The zero-order valence-electron chi connectivity index (χ0n) is 14.4. The zero-order valence-corrected chi connectivity index (χ0v) is 16.6. The van der Waals surface area contributed by atoms with Crippen molar-refractivity contribution in [3.05, 3.63) is 59.5 Å². The lowest BCUT2D eigenvalue weighted by atomic mass is 10.0. The molecular weight excluding hydrogens is 462 g/mol. The molecule has 1 heterocycles. The number of anilines is 1. The molecule has 0 radical (unpaired) electrons. The standard InChI is InChI=1S/C19H16FIN4O2/c1-19(27,11-25-17-5-3-15(20)6-14(17)10-23-25)18(26)24-16-4-2-12(9-22)13(7-16)8-21/h2-7,10,27H,8,11H2,1H3,(H,24,26)/t19-/m0/s1. The third-order valence-corrected chi connectivity index (χ3v) is 5.00. The van der Waals surface area contributed by atoms with Gasteiger partial charge in [0.05, 0.1) is 29.9 Å². The van der Waals surface area contributed by atoms with Crippen molar-refractivity contribution in [2.45, 2.75) is 23.5 Å². The maximum atomic E-state index is 13.3. The maximum absolute atomic E-state index is 13.3. The number of nitrogens with one attached hydrogen (secondary N) is 1. The van der Waals surface area contributed by atoms with Gasteiger partial charge in [-0.1, -0.05) is 22.6 Å². The van der Waals surface area contributed by atoms with E-state index in [-0.39, 0.29) is 12.4 Å². The summed E-state index contributed by atoms with van der Waals surface area (Å²) in [7, 11) is 0. The Morgan fingerprint density at radius 3 is 2.89 bits per heavy atom. The first kappa shape index (κ1) is 19.3. The van der Waals surface area contributed by atoms with Crippen LogP contribution < -0.4 is 5.32 Å². The van der Waals surface area contributed by atoms with Crippen LogP contribution in [0.5, 0.6) is 0 Å². The van der Waals surface area contributed by atoms with Crippen molar-refractivity contribution in [1.29, 1.82) is 5.26 Å². The van der Waals surface area contributed by atoms with Crippen LogP contribution in [0, 0.1) is 17.1 Å². The van der Waals surface area contributed by atoms with Crippen LogP contribution in [0.1, 0.15) is 18.1 Å². The molecule has 0 bridgehead atoms. The SMILES string of the molecule is C[C@](O)(Cn1ncc2cc(F)ccc21)C(=O)Nc1ccc(C#N)c(CI)c1. The number of benzene rings is 2. The topological polar surface area (TPSA) is 90.9 Å². The molecule has 2 N–H and O–H groups in total. The molecule has 0 saturated heterocycles. The molecule has 0 aliphatic carbocycles. The molecule has 3 rings (SSSR count). The monoisotopic (exact) mass is 478 g/mol. The molecule has 0 aliphatic rings. The van der Waals surface area contributed by atoms with Crippen LogP contribution in [0.4, 0.5) is 10.1 Å². The Labute approximate surface area is 168 Å². The highest BCUT2D eigenvalue weighted by molar-refractivity contribution is 14.1. The minimum Gasteiger partial charge on any atom is -0.378 e. The van der Waals surface area contributed by atoms with Crippen LogP contribution >= 0.6 is 22.6 Å². The number of alkyl halides is 1. The van der Waals surface area contributed by atoms with Crippen LogP contribution in [0.15, 0.2) is 42.6 Å². The van der Waals surface area contributed by atoms with Gasteiger partial charge in [0, 0.05) is 15.5 Å². The normalized spacial score (nSPS) is 13.1. The van der Waals surface area contributed by atoms with Gasteiger partial charge in [0.15, 0.2) is 5.60 Å². The highest BCUT2D eigenvalue weighted by Gasteiger charge is 2.32. The Bertz CT molecular complexity index is 1060. The number of carbonyl (C=O) groups is 1. The summed E-state index contributed by atoms with van der Waals surface area (Å²) in [4.78, 5) is 12.6. The second-order valence-electron chi connectivity index (χ2n) is 6.35. The zero-order chi connectivity index (χ0) is 19.6. The van der Waals surface area contributed by atoms with Gasteiger partial charge in [-0.25, -0.2) is 4.39 Å². The number of rotatable bonds is 5. The van der Waals surface area contributed by atoms with Gasteiger partial charge in [-0.2, -0.15) is 10.4 Å². The largest absolute Gasteiger partial charge is 0.378 e. The Morgan fingerprint density at radius 1 is 1.41 bits per heavy atom. The second-order valence-corrected chi connectivity index (χ2v) is 7.11. The molecule has 0 unspecified atom stereocenters. The molecule has 6 nitrogen and oxygen atoms in total. The van der Waals surface area contributed by atoms with Gasteiger partial charge in [0.1, 0.15) is 5.82 Å². The molecule has 1 amide bonds. The third kappa shape index (κ3) is 4.09. The second kappa shape index (κ2) is 7.62. The van der Waals surface area contributed by atoms with Gasteiger partial charge in [0.25, 0.3) is 5.91 Å². The van der Waals surface area contributed by atoms with Gasteiger partial charge in [0.2, 0.25) is 0 Å². The molecule has 2 aromatic carbocycles. The lowest BCUT2D eigenvalue weighted by Crippen LogP contribution is -2.44. The van der Waals surface area contributed by atoms with E-state index in [4.69, 9.17) is 5.26 Å². The summed E-state index contributed by atoms with van der Waals surface area (Å²) in [6, 6.07) is 11.3. The summed E-state index contributed by atoms with van der Waals surface area (Å²) >= 11 is 2.14. The molecule has 0 fully saturated rings. The highest BCUT2D eigenvalue weighted by Crippen LogP contribution is 2.21. The number of aliphatic hydroxyl groups is 1. The predicted molar refractivity (Wildman–Crippen MR) is 108 cm³/mol.